The number of nitrogens with one attached hydrogen (secondary N) is 1. The third kappa shape index (κ3) is 2.99. The van der Waals surface area contributed by atoms with Crippen LogP contribution in [-0.2, 0) is 4.79 Å². The molecule has 1 aliphatic heterocycles. The Balaban J connectivity index is 2.59. The maximum atomic E-state index is 12.1. The number of nitrogens with zero attached hydrogens (tertiary/aromatic N) is 1. The molecule has 1 fully saturated rings. The summed E-state index contributed by atoms with van der Waals surface area (Å²) in [4.78, 5) is 13.9. The van der Waals surface area contributed by atoms with Crippen molar-refractivity contribution in [1.82, 2.24) is 10.2 Å². The molecule has 90 valence electrons. The van der Waals surface area contributed by atoms with Gasteiger partial charge >= 0.3 is 0 Å². The molecule has 3 heteroatoms. The lowest BCUT2D eigenvalue weighted by atomic mass is 10.1. The number of carbonyl (C=O) groups is 1. The monoisotopic (exact) mass is 222 g/mol. The molecule has 0 radical (unpaired) electrons. The second-order valence-electron chi connectivity index (χ2n) is 4.67. The highest BCUT2D eigenvalue weighted by atomic mass is 16.2. The normalized spacial score (nSPS) is 22.6. The molecule has 16 heavy (non-hydrogen) atoms. The van der Waals surface area contributed by atoms with Crippen molar-refractivity contribution in [3.63, 3.8) is 0 Å². The fourth-order valence-corrected chi connectivity index (χ4v) is 2.17. The van der Waals surface area contributed by atoms with Gasteiger partial charge in [-0.3, -0.25) is 4.79 Å². The van der Waals surface area contributed by atoms with E-state index in [4.69, 9.17) is 6.42 Å². The highest BCUT2D eigenvalue weighted by Gasteiger charge is 2.34. The van der Waals surface area contributed by atoms with E-state index in [1.54, 1.807) is 0 Å². The molecule has 0 aliphatic carbocycles. The number of hydrogen-bond acceptors (Lipinski definition) is 2. The summed E-state index contributed by atoms with van der Waals surface area (Å²) < 4.78 is 0. The van der Waals surface area contributed by atoms with Crippen LogP contribution in [0.5, 0.6) is 0 Å². The SMILES string of the molecule is C#CC(CCC)N1CCC(NC(C)C)C1=O. The summed E-state index contributed by atoms with van der Waals surface area (Å²) in [7, 11) is 0. The molecular formula is C13H22N2O. The van der Waals surface area contributed by atoms with Gasteiger partial charge in [-0.25, -0.2) is 0 Å². The van der Waals surface area contributed by atoms with Crippen molar-refractivity contribution in [1.29, 1.82) is 0 Å². The van der Waals surface area contributed by atoms with Crippen molar-refractivity contribution in [3.8, 4) is 12.3 Å². The number of hydrogen-bond donors (Lipinski definition) is 1. The summed E-state index contributed by atoms with van der Waals surface area (Å²) in [5.74, 6) is 2.90. The molecule has 0 bridgehead atoms. The predicted molar refractivity (Wildman–Crippen MR) is 65.9 cm³/mol. The fourth-order valence-electron chi connectivity index (χ4n) is 2.17. The van der Waals surface area contributed by atoms with E-state index in [0.29, 0.717) is 6.04 Å². The van der Waals surface area contributed by atoms with Crippen molar-refractivity contribution in [2.45, 2.75) is 58.2 Å². The lowest BCUT2D eigenvalue weighted by Gasteiger charge is -2.24. The van der Waals surface area contributed by atoms with E-state index in [1.165, 1.54) is 0 Å². The van der Waals surface area contributed by atoms with E-state index < -0.39 is 0 Å². The number of likely N-dealkylation sites (tertiary alicyclic amines) is 1. The van der Waals surface area contributed by atoms with Crippen LogP contribution >= 0.6 is 0 Å². The second kappa shape index (κ2) is 5.91. The zero-order valence-electron chi connectivity index (χ0n) is 10.5. The largest absolute Gasteiger partial charge is 0.327 e. The van der Waals surface area contributed by atoms with Crippen LogP contribution < -0.4 is 5.32 Å². The summed E-state index contributed by atoms with van der Waals surface area (Å²) in [6.45, 7) is 6.99. The molecule has 1 heterocycles. The lowest BCUT2D eigenvalue weighted by molar-refractivity contribution is -0.130. The van der Waals surface area contributed by atoms with Crippen molar-refractivity contribution in [2.24, 2.45) is 0 Å². The smallest absolute Gasteiger partial charge is 0.240 e. The number of terminal acetylenes is 1. The molecule has 1 rings (SSSR count). The van der Waals surface area contributed by atoms with Gasteiger partial charge in [0.15, 0.2) is 0 Å². The van der Waals surface area contributed by atoms with E-state index in [1.807, 2.05) is 4.90 Å². The van der Waals surface area contributed by atoms with Gasteiger partial charge in [0.2, 0.25) is 5.91 Å². The van der Waals surface area contributed by atoms with E-state index in [-0.39, 0.29) is 18.0 Å². The number of rotatable bonds is 5. The van der Waals surface area contributed by atoms with Crippen molar-refractivity contribution in [3.05, 3.63) is 0 Å². The Morgan fingerprint density at radius 3 is 2.81 bits per heavy atom. The number of amides is 1. The fraction of sp³-hybridized carbons (Fsp3) is 0.769. The summed E-state index contributed by atoms with van der Waals surface area (Å²) in [6.07, 6.45) is 8.27. The van der Waals surface area contributed by atoms with Crippen LogP contribution in [0.25, 0.3) is 0 Å². The van der Waals surface area contributed by atoms with Gasteiger partial charge < -0.3 is 10.2 Å². The van der Waals surface area contributed by atoms with Crippen LogP contribution in [0.2, 0.25) is 0 Å². The summed E-state index contributed by atoms with van der Waals surface area (Å²) >= 11 is 0. The van der Waals surface area contributed by atoms with Crippen LogP contribution in [0.1, 0.15) is 40.0 Å². The van der Waals surface area contributed by atoms with Gasteiger partial charge in [-0.1, -0.05) is 33.1 Å². The van der Waals surface area contributed by atoms with Crippen LogP contribution in [-0.4, -0.2) is 35.5 Å². The van der Waals surface area contributed by atoms with Gasteiger partial charge in [0.05, 0.1) is 12.1 Å². The highest BCUT2D eigenvalue weighted by Crippen LogP contribution is 2.17. The molecule has 2 unspecified atom stereocenters. The highest BCUT2D eigenvalue weighted by molar-refractivity contribution is 5.84. The Morgan fingerprint density at radius 2 is 2.31 bits per heavy atom. The standard InChI is InChI=1S/C13H22N2O/c1-5-7-11(6-2)15-9-8-12(13(15)16)14-10(3)4/h2,10-12,14H,5,7-9H2,1,3-4H3. The minimum Gasteiger partial charge on any atom is -0.327 e. The van der Waals surface area contributed by atoms with Crippen LogP contribution in [0.3, 0.4) is 0 Å². The van der Waals surface area contributed by atoms with Crippen molar-refractivity contribution < 1.29 is 4.79 Å². The minimum atomic E-state index is -0.0345. The third-order valence-electron chi connectivity index (χ3n) is 2.91. The van der Waals surface area contributed by atoms with Gasteiger partial charge in [-0.2, -0.15) is 0 Å². The molecule has 0 aromatic carbocycles. The first-order valence-corrected chi connectivity index (χ1v) is 6.12. The molecule has 1 N–H and O–H groups in total. The molecule has 1 saturated heterocycles. The van der Waals surface area contributed by atoms with Crippen LogP contribution in [0.15, 0.2) is 0 Å². The first kappa shape index (κ1) is 13.1. The van der Waals surface area contributed by atoms with Gasteiger partial charge in [0.25, 0.3) is 0 Å². The lowest BCUT2D eigenvalue weighted by Crippen LogP contribution is -2.44. The zero-order chi connectivity index (χ0) is 12.1. The van der Waals surface area contributed by atoms with E-state index in [9.17, 15) is 4.79 Å². The average molecular weight is 222 g/mol. The maximum absolute atomic E-state index is 12.1. The second-order valence-corrected chi connectivity index (χ2v) is 4.67. The van der Waals surface area contributed by atoms with Gasteiger partial charge in [-0.15, -0.1) is 6.42 Å². The summed E-state index contributed by atoms with van der Waals surface area (Å²) in [6, 6.07) is 0.286. The van der Waals surface area contributed by atoms with Crippen LogP contribution in [0.4, 0.5) is 0 Å². The molecule has 0 aromatic heterocycles. The minimum absolute atomic E-state index is 0.0172. The zero-order valence-corrected chi connectivity index (χ0v) is 10.5. The van der Waals surface area contributed by atoms with Crippen molar-refractivity contribution in [2.75, 3.05) is 6.54 Å². The Bertz CT molecular complexity index is 280. The Hall–Kier alpha value is -1.01. The quantitative estimate of drug-likeness (QED) is 0.713. The third-order valence-corrected chi connectivity index (χ3v) is 2.91. The molecule has 1 amide bonds. The molecular weight excluding hydrogens is 200 g/mol. The molecule has 0 saturated carbocycles. The topological polar surface area (TPSA) is 32.3 Å². The van der Waals surface area contributed by atoms with E-state index in [2.05, 4.69) is 32.0 Å². The molecule has 1 aliphatic rings. The summed E-state index contributed by atoms with van der Waals surface area (Å²) in [5, 5.41) is 3.28. The average Bonchev–Trinajstić information content (AvgIpc) is 2.57. The number of carbonyl (C=O) groups excluding carboxylic acids is 1. The molecule has 3 nitrogen and oxygen atoms in total. The molecule has 2 atom stereocenters. The Labute approximate surface area is 98.6 Å². The maximum Gasteiger partial charge on any atom is 0.240 e. The van der Waals surface area contributed by atoms with Gasteiger partial charge in [0, 0.05) is 12.6 Å². The van der Waals surface area contributed by atoms with Crippen LogP contribution in [0, 0.1) is 12.3 Å². The van der Waals surface area contributed by atoms with Crippen molar-refractivity contribution >= 4 is 5.91 Å². The van der Waals surface area contributed by atoms with Gasteiger partial charge in [-0.05, 0) is 12.8 Å². The van der Waals surface area contributed by atoms with E-state index >= 15 is 0 Å². The predicted octanol–water partition coefficient (Wildman–Crippen LogP) is 1.39. The first-order valence-electron chi connectivity index (χ1n) is 6.12. The first-order chi connectivity index (χ1) is 7.60. The molecule has 0 aromatic rings. The Morgan fingerprint density at radius 1 is 1.62 bits per heavy atom. The van der Waals surface area contributed by atoms with Gasteiger partial charge in [0.1, 0.15) is 0 Å². The Kier molecular flexibility index (Phi) is 4.82. The summed E-state index contributed by atoms with van der Waals surface area (Å²) in [5.41, 5.74) is 0. The van der Waals surface area contributed by atoms with E-state index in [0.717, 1.165) is 25.8 Å². The molecule has 0 spiro atoms.